The summed E-state index contributed by atoms with van der Waals surface area (Å²) in [5.41, 5.74) is 4.36. The second-order valence-corrected chi connectivity index (χ2v) is 9.66. The number of pyridine rings is 1. The average molecular weight is 422 g/mol. The molecule has 0 fully saturated rings. The van der Waals surface area contributed by atoms with Crippen molar-refractivity contribution in [2.45, 2.75) is 25.3 Å². The number of aromatic nitrogens is 3. The number of imidazole rings is 1. The summed E-state index contributed by atoms with van der Waals surface area (Å²) < 4.78 is 28.7. The van der Waals surface area contributed by atoms with E-state index in [1.54, 1.807) is 32.3 Å². The van der Waals surface area contributed by atoms with Crippen LogP contribution in [0.5, 0.6) is 0 Å². The van der Waals surface area contributed by atoms with Crippen LogP contribution in [0.1, 0.15) is 17.0 Å². The van der Waals surface area contributed by atoms with Gasteiger partial charge in [0.15, 0.2) is 9.84 Å². The van der Waals surface area contributed by atoms with Gasteiger partial charge in [0.25, 0.3) is 5.56 Å². The van der Waals surface area contributed by atoms with Crippen molar-refractivity contribution in [3.05, 3.63) is 82.0 Å². The van der Waals surface area contributed by atoms with Crippen molar-refractivity contribution < 1.29 is 8.42 Å². The predicted molar refractivity (Wildman–Crippen MR) is 119 cm³/mol. The Morgan fingerprint density at radius 1 is 1.00 bits per heavy atom. The molecule has 6 nitrogen and oxygen atoms in total. The molecule has 7 heteroatoms. The van der Waals surface area contributed by atoms with Crippen LogP contribution in [0.15, 0.2) is 64.4 Å². The van der Waals surface area contributed by atoms with Crippen LogP contribution < -0.4 is 5.56 Å². The van der Waals surface area contributed by atoms with Gasteiger partial charge in [-0.1, -0.05) is 30.3 Å². The summed E-state index contributed by atoms with van der Waals surface area (Å²) in [5.74, 6) is 0.743. The number of nitrogens with zero attached hydrogens (tertiary/aromatic N) is 3. The Morgan fingerprint density at radius 2 is 1.70 bits per heavy atom. The van der Waals surface area contributed by atoms with Crippen molar-refractivity contribution in [2.75, 3.05) is 6.26 Å². The Labute approximate surface area is 175 Å². The largest absolute Gasteiger partial charge is 0.324 e. The van der Waals surface area contributed by atoms with Crippen molar-refractivity contribution in [1.29, 1.82) is 0 Å². The number of rotatable bonds is 4. The maximum Gasteiger partial charge on any atom is 0.253 e. The molecule has 30 heavy (non-hydrogen) atoms. The maximum absolute atomic E-state index is 12.6. The summed E-state index contributed by atoms with van der Waals surface area (Å²) in [6.45, 7) is 4.22. The van der Waals surface area contributed by atoms with E-state index < -0.39 is 9.84 Å². The minimum atomic E-state index is -3.51. The van der Waals surface area contributed by atoms with E-state index in [9.17, 15) is 13.2 Å². The minimum absolute atomic E-state index is 0.0758. The molecule has 2 heterocycles. The molecular formula is C23H23N3O3S. The number of hydrogen-bond acceptors (Lipinski definition) is 4. The second kappa shape index (κ2) is 7.25. The lowest BCUT2D eigenvalue weighted by atomic mass is 10.1. The zero-order valence-corrected chi connectivity index (χ0v) is 18.2. The van der Waals surface area contributed by atoms with Gasteiger partial charge in [0.1, 0.15) is 11.3 Å². The molecule has 0 saturated carbocycles. The highest BCUT2D eigenvalue weighted by molar-refractivity contribution is 7.91. The fourth-order valence-corrected chi connectivity index (χ4v) is 4.60. The zero-order chi connectivity index (χ0) is 21.6. The number of hydrogen-bond donors (Lipinski definition) is 0. The molecule has 0 amide bonds. The van der Waals surface area contributed by atoms with Gasteiger partial charge in [0, 0.05) is 31.6 Å². The molecule has 0 N–H and O–H groups in total. The van der Waals surface area contributed by atoms with Crippen LogP contribution in [0.25, 0.3) is 22.2 Å². The second-order valence-electron chi connectivity index (χ2n) is 7.67. The van der Waals surface area contributed by atoms with Crippen LogP contribution in [0.4, 0.5) is 0 Å². The molecule has 2 aromatic carbocycles. The Morgan fingerprint density at radius 3 is 2.33 bits per heavy atom. The monoisotopic (exact) mass is 421 g/mol. The van der Waals surface area contributed by atoms with Crippen LogP contribution in [0.3, 0.4) is 0 Å². The van der Waals surface area contributed by atoms with Gasteiger partial charge in [-0.05, 0) is 48.7 Å². The molecule has 154 valence electrons. The molecule has 0 spiro atoms. The molecular weight excluding hydrogens is 398 g/mol. The van der Waals surface area contributed by atoms with Crippen LogP contribution in [0.2, 0.25) is 0 Å². The van der Waals surface area contributed by atoms with E-state index in [0.29, 0.717) is 17.6 Å². The van der Waals surface area contributed by atoms with E-state index in [-0.39, 0.29) is 10.5 Å². The summed E-state index contributed by atoms with van der Waals surface area (Å²) in [7, 11) is -1.82. The third kappa shape index (κ3) is 3.57. The third-order valence-corrected chi connectivity index (χ3v) is 6.40. The van der Waals surface area contributed by atoms with Crippen LogP contribution in [-0.4, -0.2) is 28.8 Å². The first-order chi connectivity index (χ1) is 14.1. The lowest BCUT2D eigenvalue weighted by Gasteiger charge is -2.11. The fraction of sp³-hybridized carbons (Fsp3) is 0.217. The first-order valence-electron chi connectivity index (χ1n) is 9.57. The highest BCUT2D eigenvalue weighted by atomic mass is 32.2. The van der Waals surface area contributed by atoms with Gasteiger partial charge < -0.3 is 9.13 Å². The zero-order valence-electron chi connectivity index (χ0n) is 17.4. The molecule has 0 unspecified atom stereocenters. The van der Waals surface area contributed by atoms with Gasteiger partial charge in [-0.3, -0.25) is 4.79 Å². The van der Waals surface area contributed by atoms with Crippen LogP contribution in [0, 0.1) is 13.8 Å². The Bertz CT molecular complexity index is 1410. The maximum atomic E-state index is 12.6. The van der Waals surface area contributed by atoms with Crippen LogP contribution in [-0.2, 0) is 23.4 Å². The van der Waals surface area contributed by atoms with Crippen LogP contribution >= 0.6 is 0 Å². The molecule has 4 rings (SSSR count). The van der Waals surface area contributed by atoms with E-state index >= 15 is 0 Å². The summed E-state index contributed by atoms with van der Waals surface area (Å²) in [4.78, 5) is 16.9. The number of aryl methyl sites for hydroxylation is 3. The molecule has 0 radical (unpaired) electrons. The summed E-state index contributed by atoms with van der Waals surface area (Å²) >= 11 is 0. The molecule has 0 aliphatic heterocycles. The Kier molecular flexibility index (Phi) is 4.86. The first-order valence-corrected chi connectivity index (χ1v) is 11.5. The third-order valence-electron chi connectivity index (χ3n) is 5.29. The molecule has 4 aromatic rings. The number of benzene rings is 2. The van der Waals surface area contributed by atoms with Crippen molar-refractivity contribution in [2.24, 2.45) is 7.05 Å². The average Bonchev–Trinajstić information content (AvgIpc) is 3.00. The highest BCUT2D eigenvalue weighted by Gasteiger charge is 2.20. The molecule has 0 bridgehead atoms. The van der Waals surface area contributed by atoms with Gasteiger partial charge in [-0.25, -0.2) is 13.4 Å². The molecule has 0 saturated heterocycles. The quantitative estimate of drug-likeness (QED) is 0.506. The van der Waals surface area contributed by atoms with E-state index in [1.807, 2.05) is 47.9 Å². The van der Waals surface area contributed by atoms with Crippen molar-refractivity contribution in [3.8, 4) is 11.1 Å². The summed E-state index contributed by atoms with van der Waals surface area (Å²) in [6, 6.07) is 15.4. The van der Waals surface area contributed by atoms with Crippen molar-refractivity contribution in [3.63, 3.8) is 0 Å². The van der Waals surface area contributed by atoms with Gasteiger partial charge in [-0.15, -0.1) is 0 Å². The Hall–Kier alpha value is -3.19. The predicted octanol–water partition coefficient (Wildman–Crippen LogP) is 3.47. The fourth-order valence-electron chi connectivity index (χ4n) is 3.76. The van der Waals surface area contributed by atoms with E-state index in [2.05, 4.69) is 4.98 Å². The molecule has 0 aliphatic carbocycles. The minimum Gasteiger partial charge on any atom is -0.324 e. The smallest absolute Gasteiger partial charge is 0.253 e. The molecule has 0 atom stereocenters. The number of sulfone groups is 1. The van der Waals surface area contributed by atoms with E-state index in [1.165, 1.54) is 10.8 Å². The van der Waals surface area contributed by atoms with E-state index in [0.717, 1.165) is 28.0 Å². The lowest BCUT2D eigenvalue weighted by molar-refractivity contribution is 0.602. The van der Waals surface area contributed by atoms with Gasteiger partial charge in [0.2, 0.25) is 0 Å². The normalized spacial score (nSPS) is 11.9. The highest BCUT2D eigenvalue weighted by Crippen LogP contribution is 2.31. The lowest BCUT2D eigenvalue weighted by Crippen LogP contribution is -2.18. The van der Waals surface area contributed by atoms with Gasteiger partial charge in [-0.2, -0.15) is 0 Å². The first kappa shape index (κ1) is 20.1. The topological polar surface area (TPSA) is 74.0 Å². The van der Waals surface area contributed by atoms with Gasteiger partial charge >= 0.3 is 0 Å². The standard InChI is InChI=1S/C23H23N3O3S/c1-15-10-19(14-25(3)23(15)27)18-11-20-22(21(12-18)30(4,28)29)24-16(2)26(20)13-17-8-6-5-7-9-17/h5-12,14H,13H2,1-4H3. The van der Waals surface area contributed by atoms with E-state index in [4.69, 9.17) is 0 Å². The number of fused-ring (bicyclic) bond motifs is 1. The SMILES string of the molecule is Cc1cc(-c2cc(S(C)(=O)=O)c3nc(C)n(Cc4ccccc4)c3c2)cn(C)c1=O. The van der Waals surface area contributed by atoms with Gasteiger partial charge in [0.05, 0.1) is 10.4 Å². The summed E-state index contributed by atoms with van der Waals surface area (Å²) in [6.07, 6.45) is 2.93. The molecule has 0 aliphatic rings. The van der Waals surface area contributed by atoms with Crippen molar-refractivity contribution in [1.82, 2.24) is 14.1 Å². The summed E-state index contributed by atoms with van der Waals surface area (Å²) in [5, 5.41) is 0. The molecule has 2 aromatic heterocycles. The Balaban J connectivity index is 2.01. The van der Waals surface area contributed by atoms with Crippen molar-refractivity contribution >= 4 is 20.9 Å².